The van der Waals surface area contributed by atoms with Crippen molar-refractivity contribution < 1.29 is 14.3 Å². The maximum Gasteiger partial charge on any atom is 0.260 e. The monoisotopic (exact) mass is 280 g/mol. The predicted octanol–water partition coefficient (Wildman–Crippen LogP) is 1.84. The first kappa shape index (κ1) is 16.3. The maximum absolute atomic E-state index is 11.8. The summed E-state index contributed by atoms with van der Waals surface area (Å²) in [5.74, 6) is 1.14. The molecule has 0 aromatic heterocycles. The zero-order chi connectivity index (χ0) is 15.0. The summed E-state index contributed by atoms with van der Waals surface area (Å²) in [4.78, 5) is 11.8. The summed E-state index contributed by atoms with van der Waals surface area (Å²) in [6, 6.07) is 5.41. The van der Waals surface area contributed by atoms with Crippen LogP contribution in [-0.2, 0) is 11.3 Å². The van der Waals surface area contributed by atoms with E-state index < -0.39 is 6.10 Å². The average molecular weight is 280 g/mol. The quantitative estimate of drug-likeness (QED) is 0.713. The second-order valence-corrected chi connectivity index (χ2v) is 4.63. The highest BCUT2D eigenvalue weighted by molar-refractivity contribution is 5.80. The standard InChI is InChI=1S/C15H24N2O3/c1-4-5-6-17-15(18)11(2)20-14-8-12(10-16)7-13(9-14)19-3/h7-9,11H,4-6,10,16H2,1-3H3,(H,17,18). The molecule has 0 aliphatic heterocycles. The summed E-state index contributed by atoms with van der Waals surface area (Å²) >= 11 is 0. The zero-order valence-electron chi connectivity index (χ0n) is 12.4. The third-order valence-corrected chi connectivity index (χ3v) is 2.92. The van der Waals surface area contributed by atoms with Crippen molar-refractivity contribution in [2.75, 3.05) is 13.7 Å². The van der Waals surface area contributed by atoms with Crippen LogP contribution in [0, 0.1) is 0 Å². The molecule has 0 bridgehead atoms. The average Bonchev–Trinajstić information content (AvgIpc) is 2.46. The smallest absolute Gasteiger partial charge is 0.260 e. The van der Waals surface area contributed by atoms with Crippen molar-refractivity contribution in [1.82, 2.24) is 5.32 Å². The topological polar surface area (TPSA) is 73.6 Å². The van der Waals surface area contributed by atoms with E-state index in [4.69, 9.17) is 15.2 Å². The van der Waals surface area contributed by atoms with Gasteiger partial charge in [0.05, 0.1) is 7.11 Å². The summed E-state index contributed by atoms with van der Waals surface area (Å²) in [7, 11) is 1.58. The fraction of sp³-hybridized carbons (Fsp3) is 0.533. The Balaban J connectivity index is 2.64. The summed E-state index contributed by atoms with van der Waals surface area (Å²) in [6.45, 7) is 4.87. The van der Waals surface area contributed by atoms with E-state index in [1.165, 1.54) is 0 Å². The predicted molar refractivity (Wildman–Crippen MR) is 78.9 cm³/mol. The molecule has 0 saturated heterocycles. The Labute approximate surface area is 120 Å². The van der Waals surface area contributed by atoms with Gasteiger partial charge in [-0.15, -0.1) is 0 Å². The molecule has 1 aromatic carbocycles. The molecule has 1 aromatic rings. The molecule has 1 atom stereocenters. The van der Waals surface area contributed by atoms with Gasteiger partial charge >= 0.3 is 0 Å². The lowest BCUT2D eigenvalue weighted by atomic mass is 10.2. The van der Waals surface area contributed by atoms with Crippen molar-refractivity contribution in [2.45, 2.75) is 39.3 Å². The highest BCUT2D eigenvalue weighted by atomic mass is 16.5. The van der Waals surface area contributed by atoms with Crippen molar-refractivity contribution in [2.24, 2.45) is 5.73 Å². The van der Waals surface area contributed by atoms with Gasteiger partial charge in [0.1, 0.15) is 11.5 Å². The molecule has 1 rings (SSSR count). The van der Waals surface area contributed by atoms with Crippen LogP contribution in [0.3, 0.4) is 0 Å². The van der Waals surface area contributed by atoms with E-state index in [1.54, 1.807) is 20.1 Å². The van der Waals surface area contributed by atoms with E-state index >= 15 is 0 Å². The number of rotatable bonds is 8. The van der Waals surface area contributed by atoms with Crippen LogP contribution >= 0.6 is 0 Å². The summed E-state index contributed by atoms with van der Waals surface area (Å²) in [5, 5.41) is 2.84. The van der Waals surface area contributed by atoms with Crippen LogP contribution in [0.15, 0.2) is 18.2 Å². The summed E-state index contributed by atoms with van der Waals surface area (Å²) < 4.78 is 10.8. The van der Waals surface area contributed by atoms with Crippen molar-refractivity contribution in [3.63, 3.8) is 0 Å². The number of carbonyl (C=O) groups excluding carboxylic acids is 1. The molecule has 0 fully saturated rings. The Morgan fingerprint density at radius 1 is 1.35 bits per heavy atom. The van der Waals surface area contributed by atoms with E-state index in [1.807, 2.05) is 12.1 Å². The molecule has 0 saturated carbocycles. The van der Waals surface area contributed by atoms with Gasteiger partial charge in [-0.3, -0.25) is 4.79 Å². The molecule has 112 valence electrons. The Bertz CT molecular complexity index is 413. The number of hydrogen-bond acceptors (Lipinski definition) is 4. The molecule has 1 amide bonds. The summed E-state index contributed by atoms with van der Waals surface area (Å²) in [6.07, 6.45) is 1.46. The van der Waals surface area contributed by atoms with Crippen molar-refractivity contribution in [1.29, 1.82) is 0 Å². The number of methoxy groups -OCH3 is 1. The van der Waals surface area contributed by atoms with Crippen molar-refractivity contribution in [3.8, 4) is 11.5 Å². The van der Waals surface area contributed by atoms with E-state index in [0.29, 0.717) is 24.6 Å². The second kappa shape index (κ2) is 8.43. The highest BCUT2D eigenvalue weighted by Crippen LogP contribution is 2.23. The third-order valence-electron chi connectivity index (χ3n) is 2.92. The van der Waals surface area contributed by atoms with Crippen LogP contribution in [-0.4, -0.2) is 25.7 Å². The van der Waals surface area contributed by atoms with Gasteiger partial charge in [-0.25, -0.2) is 0 Å². The van der Waals surface area contributed by atoms with Gasteiger partial charge in [0.15, 0.2) is 6.10 Å². The molecular formula is C15H24N2O3. The van der Waals surface area contributed by atoms with E-state index in [2.05, 4.69) is 12.2 Å². The summed E-state index contributed by atoms with van der Waals surface area (Å²) in [5.41, 5.74) is 6.52. The second-order valence-electron chi connectivity index (χ2n) is 4.63. The lowest BCUT2D eigenvalue weighted by Crippen LogP contribution is -2.36. The number of benzene rings is 1. The first-order chi connectivity index (χ1) is 9.60. The van der Waals surface area contributed by atoms with Crippen LogP contribution in [0.5, 0.6) is 11.5 Å². The van der Waals surface area contributed by atoms with Gasteiger partial charge < -0.3 is 20.5 Å². The van der Waals surface area contributed by atoms with Gasteiger partial charge in [-0.05, 0) is 31.0 Å². The molecule has 0 heterocycles. The number of nitrogens with one attached hydrogen (secondary N) is 1. The number of amides is 1. The minimum Gasteiger partial charge on any atom is -0.497 e. The lowest BCUT2D eigenvalue weighted by Gasteiger charge is -2.16. The SMILES string of the molecule is CCCCNC(=O)C(C)Oc1cc(CN)cc(OC)c1. The number of unbranched alkanes of at least 4 members (excludes halogenated alkanes) is 1. The number of ether oxygens (including phenoxy) is 2. The number of nitrogens with two attached hydrogens (primary N) is 1. The minimum atomic E-state index is -0.551. The van der Waals surface area contributed by atoms with E-state index in [-0.39, 0.29) is 5.91 Å². The van der Waals surface area contributed by atoms with E-state index in [9.17, 15) is 4.79 Å². The highest BCUT2D eigenvalue weighted by Gasteiger charge is 2.14. The fourth-order valence-electron chi connectivity index (χ4n) is 1.72. The van der Waals surface area contributed by atoms with Crippen molar-refractivity contribution in [3.05, 3.63) is 23.8 Å². The van der Waals surface area contributed by atoms with Crippen LogP contribution in [0.4, 0.5) is 0 Å². The fourth-order valence-corrected chi connectivity index (χ4v) is 1.72. The Morgan fingerprint density at radius 2 is 2.05 bits per heavy atom. The molecule has 5 heteroatoms. The number of hydrogen-bond donors (Lipinski definition) is 2. The minimum absolute atomic E-state index is 0.115. The Kier molecular flexibility index (Phi) is 6.87. The molecule has 0 aliphatic carbocycles. The third kappa shape index (κ3) is 5.09. The van der Waals surface area contributed by atoms with Crippen LogP contribution in [0.1, 0.15) is 32.3 Å². The molecule has 0 radical (unpaired) electrons. The van der Waals surface area contributed by atoms with Crippen molar-refractivity contribution >= 4 is 5.91 Å². The first-order valence-corrected chi connectivity index (χ1v) is 6.93. The van der Waals surface area contributed by atoms with Gasteiger partial charge in [0.2, 0.25) is 0 Å². The van der Waals surface area contributed by atoms with Gasteiger partial charge in [0, 0.05) is 19.2 Å². The van der Waals surface area contributed by atoms with Crippen LogP contribution in [0.2, 0.25) is 0 Å². The number of carbonyl (C=O) groups is 1. The van der Waals surface area contributed by atoms with Crippen LogP contribution < -0.4 is 20.5 Å². The van der Waals surface area contributed by atoms with Gasteiger partial charge in [-0.1, -0.05) is 13.3 Å². The van der Waals surface area contributed by atoms with Gasteiger partial charge in [-0.2, -0.15) is 0 Å². The van der Waals surface area contributed by atoms with Crippen LogP contribution in [0.25, 0.3) is 0 Å². The molecule has 0 aliphatic rings. The molecule has 0 spiro atoms. The normalized spacial score (nSPS) is 11.8. The molecule has 20 heavy (non-hydrogen) atoms. The zero-order valence-corrected chi connectivity index (χ0v) is 12.4. The molecule has 3 N–H and O–H groups in total. The molecule has 1 unspecified atom stereocenters. The lowest BCUT2D eigenvalue weighted by molar-refractivity contribution is -0.127. The van der Waals surface area contributed by atoms with E-state index in [0.717, 1.165) is 18.4 Å². The van der Waals surface area contributed by atoms with Gasteiger partial charge in [0.25, 0.3) is 5.91 Å². The Hall–Kier alpha value is -1.75. The largest absolute Gasteiger partial charge is 0.497 e. The molecular weight excluding hydrogens is 256 g/mol. The molecule has 5 nitrogen and oxygen atoms in total. The maximum atomic E-state index is 11.8. The Morgan fingerprint density at radius 3 is 2.65 bits per heavy atom. The first-order valence-electron chi connectivity index (χ1n) is 6.93.